The molecule has 26 heavy (non-hydrogen) atoms. The highest BCUT2D eigenvalue weighted by atomic mass is 35.5. The molecule has 138 valence electrons. The summed E-state index contributed by atoms with van der Waals surface area (Å²) in [6.45, 7) is 2.28. The molecular formula is C18H19ClN2O4S. The van der Waals surface area contributed by atoms with Gasteiger partial charge in [0.25, 0.3) is 5.91 Å². The van der Waals surface area contributed by atoms with Crippen LogP contribution in [0.5, 0.6) is 5.75 Å². The molecule has 0 spiro atoms. The van der Waals surface area contributed by atoms with E-state index in [9.17, 15) is 9.59 Å². The van der Waals surface area contributed by atoms with Gasteiger partial charge >= 0.3 is 0 Å². The number of benzene rings is 1. The molecule has 2 aromatic rings. The van der Waals surface area contributed by atoms with E-state index < -0.39 is 0 Å². The van der Waals surface area contributed by atoms with E-state index in [4.69, 9.17) is 20.8 Å². The van der Waals surface area contributed by atoms with Crippen molar-refractivity contribution in [1.29, 1.82) is 0 Å². The number of carbonyl (C=O) groups excluding carboxylic acids is 1. The molecule has 1 aromatic heterocycles. The van der Waals surface area contributed by atoms with Gasteiger partial charge in [-0.3, -0.25) is 14.5 Å². The number of amides is 1. The van der Waals surface area contributed by atoms with Crippen LogP contribution < -0.4 is 15.5 Å². The SMILES string of the molecule is O=C(COc1coc(CN2CCSCC2)cc1=O)Nc1cccc(Cl)c1. The summed E-state index contributed by atoms with van der Waals surface area (Å²) in [5.74, 6) is 2.41. The fourth-order valence-electron chi connectivity index (χ4n) is 2.51. The molecule has 8 heteroatoms. The Morgan fingerprint density at radius 2 is 2.12 bits per heavy atom. The summed E-state index contributed by atoms with van der Waals surface area (Å²) in [6.07, 6.45) is 1.27. The lowest BCUT2D eigenvalue weighted by molar-refractivity contribution is -0.118. The van der Waals surface area contributed by atoms with Crippen LogP contribution in [0.15, 0.2) is 45.8 Å². The van der Waals surface area contributed by atoms with Gasteiger partial charge < -0.3 is 14.5 Å². The maximum atomic E-state index is 12.1. The number of anilines is 1. The van der Waals surface area contributed by atoms with E-state index in [-0.39, 0.29) is 23.7 Å². The molecule has 1 aliphatic heterocycles. The van der Waals surface area contributed by atoms with Crippen LogP contribution in [0.3, 0.4) is 0 Å². The van der Waals surface area contributed by atoms with Crippen molar-refractivity contribution in [3.8, 4) is 5.75 Å². The minimum atomic E-state index is -0.387. The van der Waals surface area contributed by atoms with Gasteiger partial charge in [-0.25, -0.2) is 0 Å². The van der Waals surface area contributed by atoms with Crippen LogP contribution in [-0.4, -0.2) is 42.0 Å². The summed E-state index contributed by atoms with van der Waals surface area (Å²) in [4.78, 5) is 26.3. The van der Waals surface area contributed by atoms with Crippen LogP contribution in [0.25, 0.3) is 0 Å². The number of rotatable bonds is 6. The Bertz CT molecular complexity index is 821. The molecule has 1 fully saturated rings. The number of thioether (sulfide) groups is 1. The fraction of sp³-hybridized carbons (Fsp3) is 0.333. The molecular weight excluding hydrogens is 376 g/mol. The second-order valence-corrected chi connectivity index (χ2v) is 7.47. The van der Waals surface area contributed by atoms with E-state index in [1.54, 1.807) is 24.3 Å². The first-order valence-corrected chi connectivity index (χ1v) is 9.73. The Balaban J connectivity index is 1.53. The highest BCUT2D eigenvalue weighted by molar-refractivity contribution is 7.99. The van der Waals surface area contributed by atoms with Gasteiger partial charge in [0.05, 0.1) is 6.54 Å². The van der Waals surface area contributed by atoms with Gasteiger partial charge in [-0.2, -0.15) is 11.8 Å². The Morgan fingerprint density at radius 3 is 2.85 bits per heavy atom. The second kappa shape index (κ2) is 9.12. The second-order valence-electron chi connectivity index (χ2n) is 5.81. The molecule has 1 amide bonds. The molecule has 0 unspecified atom stereocenters. The third kappa shape index (κ3) is 5.52. The van der Waals surface area contributed by atoms with Gasteiger partial charge in [0, 0.05) is 41.4 Å². The largest absolute Gasteiger partial charge is 0.477 e. The first-order valence-electron chi connectivity index (χ1n) is 8.20. The normalized spacial score (nSPS) is 14.8. The van der Waals surface area contributed by atoms with Gasteiger partial charge in [0.1, 0.15) is 12.0 Å². The van der Waals surface area contributed by atoms with E-state index in [0.717, 1.165) is 24.6 Å². The Hall–Kier alpha value is -1.96. The van der Waals surface area contributed by atoms with E-state index in [2.05, 4.69) is 10.2 Å². The zero-order chi connectivity index (χ0) is 18.4. The monoisotopic (exact) mass is 394 g/mol. The summed E-state index contributed by atoms with van der Waals surface area (Å²) < 4.78 is 10.8. The lowest BCUT2D eigenvalue weighted by Gasteiger charge is -2.25. The molecule has 3 rings (SSSR count). The summed E-state index contributed by atoms with van der Waals surface area (Å²) in [6, 6.07) is 8.20. The number of nitrogens with one attached hydrogen (secondary N) is 1. The van der Waals surface area contributed by atoms with Gasteiger partial charge in [-0.1, -0.05) is 17.7 Å². The predicted molar refractivity (Wildman–Crippen MR) is 103 cm³/mol. The Morgan fingerprint density at radius 1 is 1.31 bits per heavy atom. The van der Waals surface area contributed by atoms with Crippen LogP contribution in [0.4, 0.5) is 5.69 Å². The summed E-state index contributed by atoms with van der Waals surface area (Å²) in [5, 5.41) is 3.17. The summed E-state index contributed by atoms with van der Waals surface area (Å²) in [5.41, 5.74) is 0.265. The van der Waals surface area contributed by atoms with Crippen LogP contribution in [0, 0.1) is 0 Å². The van der Waals surface area contributed by atoms with Crippen molar-refractivity contribution in [3.05, 3.63) is 57.6 Å². The lowest BCUT2D eigenvalue weighted by Crippen LogP contribution is -2.32. The van der Waals surface area contributed by atoms with Gasteiger partial charge in [-0.15, -0.1) is 0 Å². The number of hydrogen-bond acceptors (Lipinski definition) is 6. The highest BCUT2D eigenvalue weighted by Crippen LogP contribution is 2.15. The third-order valence-electron chi connectivity index (χ3n) is 3.80. The van der Waals surface area contributed by atoms with Crippen molar-refractivity contribution < 1.29 is 13.9 Å². The van der Waals surface area contributed by atoms with Crippen LogP contribution >= 0.6 is 23.4 Å². The third-order valence-corrected chi connectivity index (χ3v) is 4.98. The maximum absolute atomic E-state index is 12.1. The van der Waals surface area contributed by atoms with Crippen molar-refractivity contribution in [1.82, 2.24) is 4.90 Å². The molecule has 0 radical (unpaired) electrons. The number of carbonyl (C=O) groups is 1. The number of ether oxygens (including phenoxy) is 1. The Kier molecular flexibility index (Phi) is 6.60. The molecule has 1 aliphatic rings. The fourth-order valence-corrected chi connectivity index (χ4v) is 3.68. The number of nitrogens with zero attached hydrogens (tertiary/aromatic N) is 1. The predicted octanol–water partition coefficient (Wildman–Crippen LogP) is 2.86. The zero-order valence-corrected chi connectivity index (χ0v) is 15.6. The maximum Gasteiger partial charge on any atom is 0.262 e. The van der Waals surface area contributed by atoms with Crippen molar-refractivity contribution in [3.63, 3.8) is 0 Å². The molecule has 0 bridgehead atoms. The zero-order valence-electron chi connectivity index (χ0n) is 14.1. The molecule has 6 nitrogen and oxygen atoms in total. The molecule has 0 atom stereocenters. The Labute approximate surface area is 160 Å². The summed E-state index contributed by atoms with van der Waals surface area (Å²) in [7, 11) is 0. The lowest BCUT2D eigenvalue weighted by atomic mass is 10.3. The van der Waals surface area contributed by atoms with E-state index >= 15 is 0 Å². The quantitative estimate of drug-likeness (QED) is 0.812. The van der Waals surface area contributed by atoms with Gasteiger partial charge in [0.2, 0.25) is 11.2 Å². The molecule has 1 aromatic carbocycles. The molecule has 1 saturated heterocycles. The number of hydrogen-bond donors (Lipinski definition) is 1. The average Bonchev–Trinajstić information content (AvgIpc) is 2.62. The van der Waals surface area contributed by atoms with E-state index in [1.807, 2.05) is 11.8 Å². The molecule has 1 N–H and O–H groups in total. The highest BCUT2D eigenvalue weighted by Gasteiger charge is 2.14. The van der Waals surface area contributed by atoms with E-state index in [0.29, 0.717) is 23.0 Å². The standard InChI is InChI=1S/C18H19ClN2O4S/c19-13-2-1-3-14(8-13)20-18(23)12-25-17-11-24-15(9-16(17)22)10-21-4-6-26-7-5-21/h1-3,8-9,11H,4-7,10,12H2,(H,20,23). The van der Waals surface area contributed by atoms with Gasteiger partial charge in [0.15, 0.2) is 6.61 Å². The molecule has 0 aliphatic carbocycles. The first kappa shape index (κ1) is 18.8. The minimum Gasteiger partial charge on any atom is -0.477 e. The first-order chi connectivity index (χ1) is 12.6. The van der Waals surface area contributed by atoms with Crippen LogP contribution in [-0.2, 0) is 11.3 Å². The van der Waals surface area contributed by atoms with Crippen molar-refractivity contribution in [2.75, 3.05) is 36.5 Å². The van der Waals surface area contributed by atoms with Crippen LogP contribution in [0.2, 0.25) is 5.02 Å². The average molecular weight is 395 g/mol. The topological polar surface area (TPSA) is 71.8 Å². The summed E-state index contributed by atoms with van der Waals surface area (Å²) >= 11 is 7.79. The minimum absolute atomic E-state index is 0.0178. The van der Waals surface area contributed by atoms with Crippen molar-refractivity contribution >= 4 is 35.0 Å². The van der Waals surface area contributed by atoms with Crippen molar-refractivity contribution in [2.24, 2.45) is 0 Å². The van der Waals surface area contributed by atoms with Crippen LogP contribution in [0.1, 0.15) is 5.76 Å². The van der Waals surface area contributed by atoms with E-state index in [1.165, 1.54) is 12.3 Å². The van der Waals surface area contributed by atoms with Crippen molar-refractivity contribution in [2.45, 2.75) is 6.54 Å². The smallest absolute Gasteiger partial charge is 0.262 e. The molecule has 0 saturated carbocycles. The number of halogens is 1. The van der Waals surface area contributed by atoms with Gasteiger partial charge in [-0.05, 0) is 18.2 Å². The molecule has 2 heterocycles.